The lowest BCUT2D eigenvalue weighted by molar-refractivity contribution is -0.112. The lowest BCUT2D eigenvalue weighted by Gasteiger charge is -2.07. The van der Waals surface area contributed by atoms with Crippen LogP contribution in [0, 0.1) is 11.3 Å². The number of aliphatic imine (C=N–C) groups is 1. The molecular formula is C17H9Cl3N4O. The third-order valence-corrected chi connectivity index (χ3v) is 4.48. The molecule has 2 aromatic rings. The van der Waals surface area contributed by atoms with Crippen LogP contribution >= 0.6 is 34.8 Å². The Morgan fingerprint density at radius 1 is 1.08 bits per heavy atom. The summed E-state index contributed by atoms with van der Waals surface area (Å²) in [5.41, 5.74) is 7.34. The Kier molecular flexibility index (Phi) is 4.69. The maximum absolute atomic E-state index is 12.5. The molecule has 1 heterocycles. The summed E-state index contributed by atoms with van der Waals surface area (Å²) in [6.45, 7) is 0. The van der Waals surface area contributed by atoms with Gasteiger partial charge in [0.2, 0.25) is 0 Å². The molecule has 3 rings (SSSR count). The van der Waals surface area contributed by atoms with E-state index in [9.17, 15) is 10.1 Å². The number of rotatable bonds is 2. The maximum atomic E-state index is 12.5. The van der Waals surface area contributed by atoms with E-state index in [4.69, 9.17) is 40.5 Å². The summed E-state index contributed by atoms with van der Waals surface area (Å²) in [5, 5.41) is 13.2. The zero-order valence-corrected chi connectivity index (χ0v) is 14.7. The molecule has 0 bridgehead atoms. The lowest BCUT2D eigenvalue weighted by Crippen LogP contribution is -2.14. The molecule has 0 aliphatic carbocycles. The first-order valence-corrected chi connectivity index (χ1v) is 8.09. The van der Waals surface area contributed by atoms with Crippen molar-refractivity contribution in [2.24, 2.45) is 10.7 Å². The standard InChI is InChI=1S/C17H9Cl3N4O/c18-8-1-3-9(4-2-8)23-17(25)12(7-21)15-10-5-13(19)14(20)6-11(10)16(22)24-15/h1-6H,(H2,22,24)(H,23,25)/b15-12+. The van der Waals surface area contributed by atoms with Gasteiger partial charge >= 0.3 is 0 Å². The SMILES string of the molecule is N#C/C(C(=O)Nc1ccc(Cl)cc1)=C1\N=C(N)c2cc(Cl)c(Cl)cc21. The molecule has 3 N–H and O–H groups in total. The molecule has 25 heavy (non-hydrogen) atoms. The van der Waals surface area contributed by atoms with Gasteiger partial charge in [-0.1, -0.05) is 34.8 Å². The summed E-state index contributed by atoms with van der Waals surface area (Å²) >= 11 is 17.8. The van der Waals surface area contributed by atoms with Gasteiger partial charge in [-0.05, 0) is 36.4 Å². The Morgan fingerprint density at radius 3 is 2.28 bits per heavy atom. The van der Waals surface area contributed by atoms with Crippen LogP contribution in [-0.4, -0.2) is 11.7 Å². The van der Waals surface area contributed by atoms with Gasteiger partial charge in [0.1, 0.15) is 17.5 Å². The molecule has 1 amide bonds. The predicted octanol–water partition coefficient (Wildman–Crippen LogP) is 4.24. The minimum absolute atomic E-state index is 0.153. The first-order valence-electron chi connectivity index (χ1n) is 6.96. The number of nitriles is 1. The van der Waals surface area contributed by atoms with E-state index in [1.54, 1.807) is 30.3 Å². The topological polar surface area (TPSA) is 91.3 Å². The highest BCUT2D eigenvalue weighted by Gasteiger charge is 2.26. The zero-order valence-electron chi connectivity index (χ0n) is 12.5. The van der Waals surface area contributed by atoms with Crippen molar-refractivity contribution in [2.75, 3.05) is 5.32 Å². The summed E-state index contributed by atoms with van der Waals surface area (Å²) < 4.78 is 0. The van der Waals surface area contributed by atoms with Gasteiger partial charge in [-0.2, -0.15) is 5.26 Å². The van der Waals surface area contributed by atoms with Crippen LogP contribution < -0.4 is 11.1 Å². The van der Waals surface area contributed by atoms with Gasteiger partial charge in [-0.3, -0.25) is 4.79 Å². The van der Waals surface area contributed by atoms with E-state index in [-0.39, 0.29) is 22.1 Å². The van der Waals surface area contributed by atoms with Crippen LogP contribution in [0.5, 0.6) is 0 Å². The minimum atomic E-state index is -0.615. The van der Waals surface area contributed by atoms with Crippen LogP contribution in [0.4, 0.5) is 5.69 Å². The average Bonchev–Trinajstić information content (AvgIpc) is 2.87. The molecule has 0 unspecified atom stereocenters. The van der Waals surface area contributed by atoms with Crippen molar-refractivity contribution in [2.45, 2.75) is 0 Å². The maximum Gasteiger partial charge on any atom is 0.268 e. The fraction of sp³-hybridized carbons (Fsp3) is 0. The van der Waals surface area contributed by atoms with Crippen molar-refractivity contribution >= 4 is 57.9 Å². The molecule has 0 radical (unpaired) electrons. The van der Waals surface area contributed by atoms with Crippen molar-refractivity contribution in [1.82, 2.24) is 0 Å². The molecule has 0 saturated heterocycles. The minimum Gasteiger partial charge on any atom is -0.383 e. The molecule has 0 saturated carbocycles. The second kappa shape index (κ2) is 6.77. The van der Waals surface area contributed by atoms with Crippen molar-refractivity contribution in [3.63, 3.8) is 0 Å². The van der Waals surface area contributed by atoms with Crippen molar-refractivity contribution in [3.05, 3.63) is 68.2 Å². The van der Waals surface area contributed by atoms with Crippen LogP contribution in [-0.2, 0) is 4.79 Å². The molecule has 124 valence electrons. The summed E-state index contributed by atoms with van der Waals surface area (Å²) in [6.07, 6.45) is 0. The van der Waals surface area contributed by atoms with E-state index in [0.29, 0.717) is 26.9 Å². The van der Waals surface area contributed by atoms with E-state index in [1.807, 2.05) is 6.07 Å². The number of amidine groups is 1. The van der Waals surface area contributed by atoms with Gasteiger partial charge in [0, 0.05) is 21.8 Å². The molecule has 0 fully saturated rings. The highest BCUT2D eigenvalue weighted by Crippen LogP contribution is 2.36. The molecule has 1 aliphatic heterocycles. The number of halogens is 3. The fourth-order valence-corrected chi connectivity index (χ4v) is 2.78. The fourth-order valence-electron chi connectivity index (χ4n) is 2.32. The summed E-state index contributed by atoms with van der Waals surface area (Å²) in [5.74, 6) is -0.453. The quantitative estimate of drug-likeness (QED) is 0.592. The van der Waals surface area contributed by atoms with E-state index in [2.05, 4.69) is 10.3 Å². The van der Waals surface area contributed by atoms with Crippen LogP contribution in [0.2, 0.25) is 15.1 Å². The zero-order chi connectivity index (χ0) is 18.1. The van der Waals surface area contributed by atoms with Crippen molar-refractivity contribution in [3.8, 4) is 6.07 Å². The number of carbonyl (C=O) groups excluding carboxylic acids is 1. The van der Waals surface area contributed by atoms with Gasteiger partial charge in [-0.25, -0.2) is 4.99 Å². The Balaban J connectivity index is 2.04. The average molecular weight is 392 g/mol. The lowest BCUT2D eigenvalue weighted by atomic mass is 10.0. The smallest absolute Gasteiger partial charge is 0.268 e. The number of nitrogens with zero attached hydrogens (tertiary/aromatic N) is 2. The number of benzene rings is 2. The van der Waals surface area contributed by atoms with Gasteiger partial charge in [-0.15, -0.1) is 0 Å². The normalized spacial score (nSPS) is 14.4. The molecule has 8 heteroatoms. The highest BCUT2D eigenvalue weighted by atomic mass is 35.5. The largest absolute Gasteiger partial charge is 0.383 e. The second-order valence-corrected chi connectivity index (χ2v) is 6.36. The van der Waals surface area contributed by atoms with E-state index < -0.39 is 5.91 Å². The number of hydrogen-bond acceptors (Lipinski definition) is 4. The monoisotopic (exact) mass is 390 g/mol. The summed E-state index contributed by atoms with van der Waals surface area (Å²) in [7, 11) is 0. The van der Waals surface area contributed by atoms with E-state index in [1.165, 1.54) is 6.07 Å². The predicted molar refractivity (Wildman–Crippen MR) is 99.8 cm³/mol. The van der Waals surface area contributed by atoms with Gasteiger partial charge < -0.3 is 11.1 Å². The van der Waals surface area contributed by atoms with Crippen LogP contribution in [0.3, 0.4) is 0 Å². The number of hydrogen-bond donors (Lipinski definition) is 2. The van der Waals surface area contributed by atoms with Crippen LogP contribution in [0.25, 0.3) is 5.70 Å². The van der Waals surface area contributed by atoms with Crippen LogP contribution in [0.1, 0.15) is 11.1 Å². The molecule has 0 atom stereocenters. The molecule has 1 aliphatic rings. The summed E-state index contributed by atoms with van der Waals surface area (Å²) in [6, 6.07) is 11.5. The molecule has 2 aromatic carbocycles. The molecule has 5 nitrogen and oxygen atoms in total. The first-order chi connectivity index (χ1) is 11.9. The van der Waals surface area contributed by atoms with Crippen molar-refractivity contribution < 1.29 is 4.79 Å². The number of anilines is 1. The van der Waals surface area contributed by atoms with E-state index in [0.717, 1.165) is 0 Å². The van der Waals surface area contributed by atoms with E-state index >= 15 is 0 Å². The second-order valence-electron chi connectivity index (χ2n) is 5.11. The van der Waals surface area contributed by atoms with Crippen LogP contribution in [0.15, 0.2) is 47.0 Å². The Labute approximate surface area is 158 Å². The van der Waals surface area contributed by atoms with Gasteiger partial charge in [0.05, 0.1) is 15.7 Å². The number of nitrogens with one attached hydrogen (secondary N) is 1. The molecular weight excluding hydrogens is 383 g/mol. The van der Waals surface area contributed by atoms with Crippen molar-refractivity contribution in [1.29, 1.82) is 5.26 Å². The number of nitrogens with two attached hydrogens (primary N) is 1. The first kappa shape index (κ1) is 17.3. The Bertz CT molecular complexity index is 988. The number of amides is 1. The van der Waals surface area contributed by atoms with Gasteiger partial charge in [0.15, 0.2) is 0 Å². The van der Waals surface area contributed by atoms with Gasteiger partial charge in [0.25, 0.3) is 5.91 Å². The molecule has 0 spiro atoms. The summed E-state index contributed by atoms with van der Waals surface area (Å²) in [4.78, 5) is 16.6. The molecule has 0 aromatic heterocycles. The Morgan fingerprint density at radius 2 is 1.68 bits per heavy atom. The Hall–Kier alpha value is -2.52. The highest BCUT2D eigenvalue weighted by molar-refractivity contribution is 6.42. The third kappa shape index (κ3) is 3.33. The number of fused-ring (bicyclic) bond motifs is 1. The number of carbonyl (C=O) groups is 1. The third-order valence-electron chi connectivity index (χ3n) is 3.50.